The van der Waals surface area contributed by atoms with Gasteiger partial charge in [0.05, 0.1) is 0 Å². The van der Waals surface area contributed by atoms with E-state index in [9.17, 15) is 0 Å². The average Bonchev–Trinajstić information content (AvgIpc) is 2.03. The molecule has 0 fully saturated rings. The van der Waals surface area contributed by atoms with E-state index < -0.39 is 0 Å². The van der Waals surface area contributed by atoms with Crippen molar-refractivity contribution in [2.75, 3.05) is 13.1 Å². The lowest BCUT2D eigenvalue weighted by atomic mass is 10.3. The normalized spacial score (nSPS) is 14.8. The zero-order chi connectivity index (χ0) is 7.23. The van der Waals surface area contributed by atoms with Gasteiger partial charge in [-0.15, -0.1) is 17.0 Å². The third kappa shape index (κ3) is 4.25. The summed E-state index contributed by atoms with van der Waals surface area (Å²) in [6, 6.07) is 0. The number of allylic oxidation sites excluding steroid dienone is 2. The van der Waals surface area contributed by atoms with Crippen molar-refractivity contribution in [3.63, 3.8) is 0 Å². The van der Waals surface area contributed by atoms with Crippen LogP contribution >= 0.6 is 17.0 Å². The first kappa shape index (κ1) is 10.8. The lowest BCUT2D eigenvalue weighted by molar-refractivity contribution is 0.401. The van der Waals surface area contributed by atoms with E-state index in [1.54, 1.807) is 0 Å². The van der Waals surface area contributed by atoms with Gasteiger partial charge in [0.15, 0.2) is 0 Å². The molecule has 0 saturated heterocycles. The van der Waals surface area contributed by atoms with E-state index in [0.717, 1.165) is 6.54 Å². The van der Waals surface area contributed by atoms with Crippen molar-refractivity contribution in [2.24, 2.45) is 0 Å². The maximum atomic E-state index is 2.34. The standard InChI is InChI=1S/C9H15N.BrH/c1-2-3-7-10-8-5-4-6-9-10;/h4-6,8H,2-3,7,9H2,1H3;1H. The molecule has 0 saturated carbocycles. The van der Waals surface area contributed by atoms with E-state index in [1.807, 2.05) is 0 Å². The molecule has 1 aliphatic heterocycles. The highest BCUT2D eigenvalue weighted by molar-refractivity contribution is 8.93. The fourth-order valence-corrected chi connectivity index (χ4v) is 1.03. The summed E-state index contributed by atoms with van der Waals surface area (Å²) in [4.78, 5) is 2.34. The van der Waals surface area contributed by atoms with Gasteiger partial charge in [0.25, 0.3) is 0 Å². The van der Waals surface area contributed by atoms with Crippen LogP contribution in [-0.4, -0.2) is 18.0 Å². The maximum absolute atomic E-state index is 2.34. The van der Waals surface area contributed by atoms with Crippen LogP contribution in [0.4, 0.5) is 0 Å². The molecule has 0 bridgehead atoms. The van der Waals surface area contributed by atoms with Crippen LogP contribution < -0.4 is 0 Å². The molecule has 2 heteroatoms. The van der Waals surface area contributed by atoms with E-state index in [4.69, 9.17) is 0 Å². The highest BCUT2D eigenvalue weighted by Gasteiger charge is 1.96. The van der Waals surface area contributed by atoms with Gasteiger partial charge >= 0.3 is 0 Å². The van der Waals surface area contributed by atoms with Crippen LogP contribution in [-0.2, 0) is 0 Å². The molecular weight excluding hydrogens is 202 g/mol. The highest BCUT2D eigenvalue weighted by Crippen LogP contribution is 2.00. The fourth-order valence-electron chi connectivity index (χ4n) is 1.03. The Balaban J connectivity index is 0.000001000. The van der Waals surface area contributed by atoms with Crippen molar-refractivity contribution in [3.8, 4) is 0 Å². The van der Waals surface area contributed by atoms with Gasteiger partial charge in [-0.05, 0) is 18.7 Å². The molecule has 0 aromatic heterocycles. The summed E-state index contributed by atoms with van der Waals surface area (Å²) in [5.74, 6) is 0. The van der Waals surface area contributed by atoms with Crippen LogP contribution in [0.2, 0.25) is 0 Å². The SMILES string of the molecule is Br.CCCCN1C=CC=CC1. The van der Waals surface area contributed by atoms with Crippen molar-refractivity contribution in [1.29, 1.82) is 0 Å². The molecular formula is C9H16BrN. The first-order valence-corrected chi connectivity index (χ1v) is 4.01. The van der Waals surface area contributed by atoms with Gasteiger partial charge in [-0.25, -0.2) is 0 Å². The number of hydrogen-bond acceptors (Lipinski definition) is 1. The molecule has 0 radical (unpaired) electrons. The van der Waals surface area contributed by atoms with E-state index in [-0.39, 0.29) is 17.0 Å². The number of halogens is 1. The molecule has 0 aromatic rings. The van der Waals surface area contributed by atoms with Gasteiger partial charge in [-0.3, -0.25) is 0 Å². The minimum Gasteiger partial charge on any atom is -0.374 e. The fraction of sp³-hybridized carbons (Fsp3) is 0.556. The summed E-state index contributed by atoms with van der Waals surface area (Å²) in [5.41, 5.74) is 0. The summed E-state index contributed by atoms with van der Waals surface area (Å²) < 4.78 is 0. The lowest BCUT2D eigenvalue weighted by Gasteiger charge is -2.19. The Morgan fingerprint density at radius 1 is 1.36 bits per heavy atom. The average molecular weight is 218 g/mol. The Kier molecular flexibility index (Phi) is 6.33. The Bertz CT molecular complexity index is 140. The Morgan fingerprint density at radius 2 is 2.18 bits per heavy atom. The Hall–Kier alpha value is -0.240. The highest BCUT2D eigenvalue weighted by atomic mass is 79.9. The molecule has 0 amide bonds. The molecule has 0 spiro atoms. The molecule has 64 valence electrons. The molecule has 0 aromatic carbocycles. The zero-order valence-electron chi connectivity index (χ0n) is 6.99. The molecule has 0 atom stereocenters. The van der Waals surface area contributed by atoms with Crippen LogP contribution in [0.1, 0.15) is 19.8 Å². The lowest BCUT2D eigenvalue weighted by Crippen LogP contribution is -2.19. The summed E-state index contributed by atoms with van der Waals surface area (Å²) in [6.45, 7) is 4.53. The van der Waals surface area contributed by atoms with Crippen LogP contribution in [0.5, 0.6) is 0 Å². The summed E-state index contributed by atoms with van der Waals surface area (Å²) in [5, 5.41) is 0. The van der Waals surface area contributed by atoms with E-state index in [2.05, 4.69) is 36.3 Å². The molecule has 0 unspecified atom stereocenters. The van der Waals surface area contributed by atoms with Gasteiger partial charge in [-0.1, -0.05) is 25.5 Å². The number of hydrogen-bond donors (Lipinski definition) is 0. The quantitative estimate of drug-likeness (QED) is 0.704. The maximum Gasteiger partial charge on any atom is 0.0357 e. The topological polar surface area (TPSA) is 3.24 Å². The van der Waals surface area contributed by atoms with Crippen molar-refractivity contribution < 1.29 is 0 Å². The third-order valence-electron chi connectivity index (χ3n) is 1.68. The molecule has 1 aliphatic rings. The summed E-state index contributed by atoms with van der Waals surface area (Å²) >= 11 is 0. The smallest absolute Gasteiger partial charge is 0.0357 e. The predicted octanol–water partition coefficient (Wildman–Crippen LogP) is 2.75. The number of nitrogens with zero attached hydrogens (tertiary/aromatic N) is 1. The molecule has 0 aliphatic carbocycles. The molecule has 1 heterocycles. The number of rotatable bonds is 3. The van der Waals surface area contributed by atoms with Gasteiger partial charge in [0, 0.05) is 13.1 Å². The Labute approximate surface area is 79.5 Å². The third-order valence-corrected chi connectivity index (χ3v) is 1.68. The van der Waals surface area contributed by atoms with Crippen LogP contribution in [0.15, 0.2) is 24.4 Å². The van der Waals surface area contributed by atoms with Gasteiger partial charge in [0.2, 0.25) is 0 Å². The van der Waals surface area contributed by atoms with Crippen LogP contribution in [0.25, 0.3) is 0 Å². The Morgan fingerprint density at radius 3 is 2.73 bits per heavy atom. The van der Waals surface area contributed by atoms with Crippen molar-refractivity contribution in [1.82, 2.24) is 4.90 Å². The van der Waals surface area contributed by atoms with E-state index >= 15 is 0 Å². The minimum atomic E-state index is 0. The molecule has 0 N–H and O–H groups in total. The first-order valence-electron chi connectivity index (χ1n) is 4.01. The van der Waals surface area contributed by atoms with Gasteiger partial charge < -0.3 is 4.90 Å². The second-order valence-electron chi connectivity index (χ2n) is 2.62. The van der Waals surface area contributed by atoms with Crippen LogP contribution in [0.3, 0.4) is 0 Å². The van der Waals surface area contributed by atoms with Crippen molar-refractivity contribution in [2.45, 2.75) is 19.8 Å². The first-order chi connectivity index (χ1) is 4.93. The van der Waals surface area contributed by atoms with Gasteiger partial charge in [0.1, 0.15) is 0 Å². The summed E-state index contributed by atoms with van der Waals surface area (Å²) in [7, 11) is 0. The van der Waals surface area contributed by atoms with Crippen molar-refractivity contribution in [3.05, 3.63) is 24.4 Å². The van der Waals surface area contributed by atoms with E-state index in [0.29, 0.717) is 0 Å². The second kappa shape index (κ2) is 6.47. The second-order valence-corrected chi connectivity index (χ2v) is 2.62. The largest absolute Gasteiger partial charge is 0.374 e. The van der Waals surface area contributed by atoms with E-state index in [1.165, 1.54) is 19.4 Å². The predicted molar refractivity (Wildman–Crippen MR) is 55.1 cm³/mol. The minimum absolute atomic E-state index is 0. The van der Waals surface area contributed by atoms with Crippen LogP contribution in [0, 0.1) is 0 Å². The summed E-state index contributed by atoms with van der Waals surface area (Å²) in [6.07, 6.45) is 11.1. The zero-order valence-corrected chi connectivity index (χ0v) is 8.71. The number of unbranched alkanes of at least 4 members (excludes halogenated alkanes) is 1. The monoisotopic (exact) mass is 217 g/mol. The van der Waals surface area contributed by atoms with Gasteiger partial charge in [-0.2, -0.15) is 0 Å². The molecule has 1 rings (SSSR count). The van der Waals surface area contributed by atoms with Crippen molar-refractivity contribution >= 4 is 17.0 Å². The molecule has 1 nitrogen and oxygen atoms in total. The molecule has 11 heavy (non-hydrogen) atoms.